The zero-order valence-electron chi connectivity index (χ0n) is 37.5. The average Bonchev–Trinajstić information content (AvgIpc) is 3.24. The van der Waals surface area contributed by atoms with E-state index in [2.05, 4.69) is 47.9 Å². The summed E-state index contributed by atoms with van der Waals surface area (Å²) >= 11 is 0. The Kier molecular flexibility index (Phi) is 24.4. The number of nitrogens with two attached hydrogens (primary N) is 5. The summed E-state index contributed by atoms with van der Waals surface area (Å²) in [7, 11) is 0. The number of rotatable bonds is 17. The molecule has 8 amide bonds. The Morgan fingerprint density at radius 1 is 0.723 bits per heavy atom. The lowest BCUT2D eigenvalue weighted by Crippen LogP contribution is -2.61. The van der Waals surface area contributed by atoms with E-state index in [9.17, 15) is 43.5 Å². The molecular formula is C41H71N15O9. The van der Waals surface area contributed by atoms with Crippen molar-refractivity contribution in [2.45, 2.75) is 127 Å². The van der Waals surface area contributed by atoms with Crippen molar-refractivity contribution in [2.75, 3.05) is 32.7 Å². The lowest BCUT2D eigenvalue weighted by atomic mass is 10.00. The molecule has 0 bridgehead atoms. The van der Waals surface area contributed by atoms with Crippen LogP contribution in [0.4, 0.5) is 0 Å². The molecule has 1 heterocycles. The Bertz CT molecular complexity index is 1750. The first kappa shape index (κ1) is 55.2. The van der Waals surface area contributed by atoms with Gasteiger partial charge >= 0.3 is 0 Å². The molecule has 21 N–H and O–H groups in total. The standard InChI is InChI=1S/C41H71N15O9/c1-22(2)20-30-38(63)53-26(11-15-42)34(59)52-28(13-17-44)37(62)56-32(23(3)57)40(65)48-19-14-29(50-33(58)25(45)10-7-18-49-41(46)47)36(61)51-27(12-16-43)35(60)55-31(39(64)54-30)21-24-8-5-4-6-9-24/h4-6,8-9,22-23,25-32,57H,7,10-21,42-45H2,1-3H3,(H,48,65)(H,50,58)(H,51,61)(H,52,59)(H,53,63)(H,54,64)(H,55,60)(H,56,62)(H4,46,47,49)/t23-,25+,26+,27+,28+,29+,30+,31-,32+/m1/s1. The summed E-state index contributed by atoms with van der Waals surface area (Å²) in [5.41, 5.74) is 29.6. The summed E-state index contributed by atoms with van der Waals surface area (Å²) in [6.07, 6.45) is -1.59. The van der Waals surface area contributed by atoms with Crippen LogP contribution in [0.3, 0.4) is 0 Å². The highest BCUT2D eigenvalue weighted by molar-refractivity contribution is 5.98. The van der Waals surface area contributed by atoms with Gasteiger partial charge in [-0.1, -0.05) is 44.2 Å². The number of carbonyl (C=O) groups is 8. The van der Waals surface area contributed by atoms with E-state index >= 15 is 0 Å². The first-order chi connectivity index (χ1) is 30.8. The van der Waals surface area contributed by atoms with E-state index in [4.69, 9.17) is 34.1 Å². The van der Waals surface area contributed by atoms with Crippen LogP contribution in [0.25, 0.3) is 0 Å². The number of aliphatic hydroxyl groups is 1. The largest absolute Gasteiger partial charge is 0.391 e. The van der Waals surface area contributed by atoms with Crippen LogP contribution >= 0.6 is 0 Å². The first-order valence-corrected chi connectivity index (χ1v) is 21.9. The minimum absolute atomic E-state index is 0.0494. The number of aliphatic hydroxyl groups excluding tert-OH is 1. The number of carbonyl (C=O) groups excluding carboxylic acids is 8. The minimum Gasteiger partial charge on any atom is -0.391 e. The highest BCUT2D eigenvalue weighted by Crippen LogP contribution is 2.11. The molecular weight excluding hydrogens is 847 g/mol. The van der Waals surface area contributed by atoms with E-state index in [0.717, 1.165) is 0 Å². The second-order valence-corrected chi connectivity index (χ2v) is 16.3. The molecule has 1 fully saturated rings. The van der Waals surface area contributed by atoms with E-state index in [-0.39, 0.29) is 89.5 Å². The van der Waals surface area contributed by atoms with Gasteiger partial charge in [0.15, 0.2) is 5.96 Å². The molecule has 65 heavy (non-hydrogen) atoms. The van der Waals surface area contributed by atoms with Crippen molar-refractivity contribution < 1.29 is 43.5 Å². The van der Waals surface area contributed by atoms with Crippen LogP contribution in [0.2, 0.25) is 0 Å². The molecule has 1 aromatic rings. The van der Waals surface area contributed by atoms with Crippen LogP contribution in [0.5, 0.6) is 0 Å². The summed E-state index contributed by atoms with van der Waals surface area (Å²) in [5.74, 6) is -7.02. The number of hydrogen-bond acceptors (Lipinski definition) is 14. The maximum absolute atomic E-state index is 14.2. The SMILES string of the molecule is CC(C)C[C@@H]1NC(=O)[C@@H](Cc2ccccc2)NC(=O)[C@H](CCN)NC(=O)[C@@H](NC(=O)[C@@H](N)CCCNC(=N)N)CCNC(=O)[C@H]([C@@H](C)O)NC(=O)[C@H](CCN)NC(=O)[C@H](CCN)NC1=O. The van der Waals surface area contributed by atoms with Gasteiger partial charge in [-0.2, -0.15) is 0 Å². The Hall–Kier alpha value is -5.95. The summed E-state index contributed by atoms with van der Waals surface area (Å²) in [6.45, 7) is 4.52. The van der Waals surface area contributed by atoms with Crippen LogP contribution in [0.15, 0.2) is 30.3 Å². The van der Waals surface area contributed by atoms with Gasteiger partial charge in [0, 0.05) is 19.5 Å². The van der Waals surface area contributed by atoms with Gasteiger partial charge in [0.2, 0.25) is 47.3 Å². The van der Waals surface area contributed by atoms with Crippen LogP contribution < -0.4 is 76.5 Å². The molecule has 0 unspecified atom stereocenters. The van der Waals surface area contributed by atoms with Gasteiger partial charge in [0.25, 0.3) is 0 Å². The van der Waals surface area contributed by atoms with Crippen molar-refractivity contribution >= 4 is 53.2 Å². The molecule has 1 saturated heterocycles. The van der Waals surface area contributed by atoms with Gasteiger partial charge < -0.3 is 81.6 Å². The summed E-state index contributed by atoms with van der Waals surface area (Å²) in [6, 6.07) is -1.99. The molecule has 0 aromatic heterocycles. The number of nitrogens with one attached hydrogen (secondary N) is 10. The minimum atomic E-state index is -1.58. The van der Waals surface area contributed by atoms with E-state index in [1.165, 1.54) is 6.92 Å². The second-order valence-electron chi connectivity index (χ2n) is 16.3. The molecule has 9 atom stereocenters. The monoisotopic (exact) mass is 918 g/mol. The zero-order valence-corrected chi connectivity index (χ0v) is 37.5. The maximum Gasteiger partial charge on any atom is 0.245 e. The molecule has 0 spiro atoms. The predicted molar refractivity (Wildman–Crippen MR) is 241 cm³/mol. The lowest BCUT2D eigenvalue weighted by molar-refractivity contribution is -0.136. The van der Waals surface area contributed by atoms with Crippen molar-refractivity contribution in [1.29, 1.82) is 5.41 Å². The third kappa shape index (κ3) is 19.8. The Morgan fingerprint density at radius 3 is 1.71 bits per heavy atom. The van der Waals surface area contributed by atoms with Crippen molar-refractivity contribution in [1.82, 2.24) is 47.9 Å². The lowest BCUT2D eigenvalue weighted by Gasteiger charge is -2.28. The topological polar surface area (TPSA) is 419 Å². The molecule has 24 nitrogen and oxygen atoms in total. The Balaban J connectivity index is 2.67. The van der Waals surface area contributed by atoms with Gasteiger partial charge in [-0.25, -0.2) is 0 Å². The second kappa shape index (κ2) is 28.8. The van der Waals surface area contributed by atoms with Gasteiger partial charge in [-0.3, -0.25) is 43.8 Å². The van der Waals surface area contributed by atoms with Gasteiger partial charge in [-0.15, -0.1) is 0 Å². The summed E-state index contributed by atoms with van der Waals surface area (Å²) < 4.78 is 0. The van der Waals surface area contributed by atoms with Crippen molar-refractivity contribution in [3.63, 3.8) is 0 Å². The van der Waals surface area contributed by atoms with E-state index < -0.39 is 102 Å². The summed E-state index contributed by atoms with van der Waals surface area (Å²) in [4.78, 5) is 110. The Morgan fingerprint density at radius 2 is 1.20 bits per heavy atom. The summed E-state index contributed by atoms with van der Waals surface area (Å²) in [5, 5.41) is 41.2. The average molecular weight is 918 g/mol. The number of hydrogen-bond donors (Lipinski definition) is 16. The van der Waals surface area contributed by atoms with E-state index in [1.54, 1.807) is 30.3 Å². The highest BCUT2D eigenvalue weighted by Gasteiger charge is 2.35. The van der Waals surface area contributed by atoms with E-state index in [1.807, 2.05) is 13.8 Å². The smallest absolute Gasteiger partial charge is 0.245 e. The van der Waals surface area contributed by atoms with Crippen LogP contribution in [0.1, 0.15) is 71.3 Å². The fourth-order valence-electron chi connectivity index (χ4n) is 6.76. The first-order valence-electron chi connectivity index (χ1n) is 21.9. The molecule has 2 rings (SSSR count). The predicted octanol–water partition coefficient (Wildman–Crippen LogP) is -5.79. The fourth-order valence-corrected chi connectivity index (χ4v) is 6.76. The molecule has 0 aliphatic carbocycles. The van der Waals surface area contributed by atoms with Crippen molar-refractivity contribution in [2.24, 2.45) is 34.6 Å². The molecule has 1 aromatic carbocycles. The number of guanidine groups is 1. The molecule has 0 saturated carbocycles. The molecule has 24 heteroatoms. The van der Waals surface area contributed by atoms with Crippen molar-refractivity contribution in [3.05, 3.63) is 35.9 Å². The molecule has 364 valence electrons. The Labute approximate surface area is 379 Å². The molecule has 1 aliphatic rings. The van der Waals surface area contributed by atoms with Crippen LogP contribution in [0, 0.1) is 11.3 Å². The third-order valence-corrected chi connectivity index (χ3v) is 10.3. The van der Waals surface area contributed by atoms with Gasteiger partial charge in [-0.05, 0) is 83.0 Å². The molecule has 1 aliphatic heterocycles. The van der Waals surface area contributed by atoms with Gasteiger partial charge in [0.05, 0.1) is 12.1 Å². The van der Waals surface area contributed by atoms with Crippen LogP contribution in [-0.2, 0) is 44.8 Å². The van der Waals surface area contributed by atoms with E-state index in [0.29, 0.717) is 12.0 Å². The zero-order chi connectivity index (χ0) is 48.6. The van der Waals surface area contributed by atoms with Crippen LogP contribution in [-0.4, -0.2) is 145 Å². The molecule has 0 radical (unpaired) electrons. The maximum atomic E-state index is 14.2. The fraction of sp³-hybridized carbons (Fsp3) is 0.634. The number of amides is 8. The van der Waals surface area contributed by atoms with Gasteiger partial charge in [0.1, 0.15) is 42.3 Å². The highest BCUT2D eigenvalue weighted by atomic mass is 16.3. The normalized spacial score (nSPS) is 24.4. The number of benzene rings is 1. The van der Waals surface area contributed by atoms with Crippen molar-refractivity contribution in [3.8, 4) is 0 Å². The third-order valence-electron chi connectivity index (χ3n) is 10.3. The quantitative estimate of drug-likeness (QED) is 0.0393.